The van der Waals surface area contributed by atoms with Gasteiger partial charge in [-0.05, 0) is 39.3 Å². The average molecular weight is 350 g/mol. The maximum atomic E-state index is 12.5. The summed E-state index contributed by atoms with van der Waals surface area (Å²) in [5.41, 5.74) is 0.550. The molecule has 3 heterocycles. The topological polar surface area (TPSA) is 57.7 Å². The summed E-state index contributed by atoms with van der Waals surface area (Å²) < 4.78 is 6.02. The largest absolute Gasteiger partial charge is 0.375 e. The first-order valence-corrected chi connectivity index (χ1v) is 9.72. The molecule has 0 aromatic carbocycles. The van der Waals surface area contributed by atoms with Gasteiger partial charge in [0.2, 0.25) is 0 Å². The molecule has 3 aliphatic rings. The molecule has 1 amide bonds. The van der Waals surface area contributed by atoms with Gasteiger partial charge in [-0.25, -0.2) is 4.98 Å². The van der Waals surface area contributed by atoms with E-state index in [1.807, 2.05) is 19.5 Å². The minimum atomic E-state index is -0.0410. The quantitative estimate of drug-likeness (QED) is 0.864. The Labute approximate surface area is 147 Å². The molecule has 7 heteroatoms. The van der Waals surface area contributed by atoms with E-state index >= 15 is 0 Å². The summed E-state index contributed by atoms with van der Waals surface area (Å²) >= 11 is 1.55. The number of aromatic nitrogens is 1. The summed E-state index contributed by atoms with van der Waals surface area (Å²) in [6.07, 6.45) is 4.05. The molecule has 1 N–H and O–H groups in total. The van der Waals surface area contributed by atoms with Crippen LogP contribution < -0.4 is 5.32 Å². The molecule has 0 spiro atoms. The number of rotatable bonds is 5. The van der Waals surface area contributed by atoms with Crippen LogP contribution in [0.15, 0.2) is 5.38 Å². The fourth-order valence-electron chi connectivity index (χ4n) is 3.78. The van der Waals surface area contributed by atoms with E-state index in [-0.39, 0.29) is 11.9 Å². The summed E-state index contributed by atoms with van der Waals surface area (Å²) in [6.45, 7) is 3.57. The van der Waals surface area contributed by atoms with Crippen LogP contribution >= 0.6 is 11.3 Å². The van der Waals surface area contributed by atoms with Crippen molar-refractivity contribution in [3.05, 3.63) is 16.1 Å². The average Bonchev–Trinajstić information content (AvgIpc) is 3.15. The van der Waals surface area contributed by atoms with Crippen molar-refractivity contribution in [3.8, 4) is 0 Å². The summed E-state index contributed by atoms with van der Waals surface area (Å²) in [5, 5.41) is 6.02. The Hall–Kier alpha value is -1.02. The van der Waals surface area contributed by atoms with Crippen LogP contribution in [0.1, 0.15) is 34.8 Å². The van der Waals surface area contributed by atoms with Gasteiger partial charge < -0.3 is 15.0 Å². The van der Waals surface area contributed by atoms with Crippen molar-refractivity contribution < 1.29 is 9.53 Å². The molecule has 4 rings (SSSR count). The van der Waals surface area contributed by atoms with Crippen LogP contribution in [0, 0.1) is 5.92 Å². The van der Waals surface area contributed by atoms with E-state index in [1.165, 1.54) is 12.8 Å². The summed E-state index contributed by atoms with van der Waals surface area (Å²) in [7, 11) is 4.01. The zero-order chi connectivity index (χ0) is 16.7. The zero-order valence-electron chi connectivity index (χ0n) is 14.4. The standard InChI is InChI=1S/C17H26N4O2S/c1-20(2)8-16-19-14(10-24-16)17(22)18-12-5-13-9-23-15(11-3-4-11)7-21(13)6-12/h10-13,15H,3-9H2,1-2H3,(H,18,22)/t12-,13-,15+/m0/s1. The van der Waals surface area contributed by atoms with Crippen molar-refractivity contribution in [2.24, 2.45) is 5.92 Å². The molecule has 3 fully saturated rings. The van der Waals surface area contributed by atoms with Crippen molar-refractivity contribution in [1.82, 2.24) is 20.1 Å². The Morgan fingerprint density at radius 2 is 2.29 bits per heavy atom. The van der Waals surface area contributed by atoms with E-state index in [1.54, 1.807) is 11.3 Å². The van der Waals surface area contributed by atoms with E-state index in [4.69, 9.17) is 4.74 Å². The van der Waals surface area contributed by atoms with Crippen LogP contribution in [0.2, 0.25) is 0 Å². The number of carbonyl (C=O) groups excluding carboxylic acids is 1. The smallest absolute Gasteiger partial charge is 0.271 e. The Morgan fingerprint density at radius 1 is 1.46 bits per heavy atom. The lowest BCUT2D eigenvalue weighted by molar-refractivity contribution is -0.0581. The molecular weight excluding hydrogens is 324 g/mol. The van der Waals surface area contributed by atoms with E-state index < -0.39 is 0 Å². The minimum absolute atomic E-state index is 0.0410. The maximum Gasteiger partial charge on any atom is 0.271 e. The van der Waals surface area contributed by atoms with Gasteiger partial charge in [-0.3, -0.25) is 9.69 Å². The SMILES string of the molecule is CN(C)Cc1nc(C(=O)N[C@H]2C[C@H]3CO[C@@H](C4CC4)CN3C2)cs1. The van der Waals surface area contributed by atoms with E-state index in [0.717, 1.165) is 43.6 Å². The number of amides is 1. The highest BCUT2D eigenvalue weighted by Crippen LogP contribution is 2.37. The zero-order valence-corrected chi connectivity index (χ0v) is 15.2. The van der Waals surface area contributed by atoms with Gasteiger partial charge in [0, 0.05) is 37.1 Å². The lowest BCUT2D eigenvalue weighted by Gasteiger charge is -2.35. The third-order valence-electron chi connectivity index (χ3n) is 5.16. The van der Waals surface area contributed by atoms with Gasteiger partial charge >= 0.3 is 0 Å². The molecular formula is C17H26N4O2S. The van der Waals surface area contributed by atoms with Crippen LogP contribution in [0.4, 0.5) is 0 Å². The fraction of sp³-hybridized carbons (Fsp3) is 0.765. The predicted molar refractivity (Wildman–Crippen MR) is 93.2 cm³/mol. The monoisotopic (exact) mass is 350 g/mol. The highest BCUT2D eigenvalue weighted by atomic mass is 32.1. The Kier molecular flexibility index (Phi) is 4.60. The molecule has 2 aliphatic heterocycles. The van der Waals surface area contributed by atoms with Crippen molar-refractivity contribution in [1.29, 1.82) is 0 Å². The minimum Gasteiger partial charge on any atom is -0.375 e. The first kappa shape index (κ1) is 16.4. The first-order valence-electron chi connectivity index (χ1n) is 8.84. The molecule has 0 bridgehead atoms. The van der Waals surface area contributed by atoms with Crippen LogP contribution in [0.25, 0.3) is 0 Å². The van der Waals surface area contributed by atoms with E-state index in [9.17, 15) is 4.79 Å². The number of ether oxygens (including phenoxy) is 1. The Morgan fingerprint density at radius 3 is 3.04 bits per heavy atom. The highest BCUT2D eigenvalue weighted by molar-refractivity contribution is 7.09. The molecule has 1 aromatic heterocycles. The van der Waals surface area contributed by atoms with Crippen molar-refractivity contribution in [2.75, 3.05) is 33.8 Å². The maximum absolute atomic E-state index is 12.5. The second kappa shape index (κ2) is 6.71. The van der Waals surface area contributed by atoms with Crippen molar-refractivity contribution in [3.63, 3.8) is 0 Å². The van der Waals surface area contributed by atoms with Gasteiger partial charge in [0.1, 0.15) is 10.7 Å². The van der Waals surface area contributed by atoms with Crippen LogP contribution in [-0.4, -0.2) is 72.7 Å². The number of carbonyl (C=O) groups is 1. The summed E-state index contributed by atoms with van der Waals surface area (Å²) in [5.74, 6) is 0.741. The van der Waals surface area contributed by atoms with Gasteiger partial charge in [-0.2, -0.15) is 0 Å². The number of hydrogen-bond acceptors (Lipinski definition) is 6. The van der Waals surface area contributed by atoms with Crippen molar-refractivity contribution >= 4 is 17.2 Å². The molecule has 3 atom stereocenters. The van der Waals surface area contributed by atoms with Gasteiger partial charge in [0.25, 0.3) is 5.91 Å². The van der Waals surface area contributed by atoms with E-state index in [2.05, 4.69) is 20.1 Å². The Bertz CT molecular complexity index is 601. The number of nitrogens with one attached hydrogen (secondary N) is 1. The first-order chi connectivity index (χ1) is 11.6. The molecule has 0 unspecified atom stereocenters. The molecule has 0 radical (unpaired) electrons. The number of fused-ring (bicyclic) bond motifs is 1. The number of hydrogen-bond donors (Lipinski definition) is 1. The van der Waals surface area contributed by atoms with Gasteiger partial charge in [0.05, 0.1) is 12.7 Å². The number of morpholine rings is 1. The fourth-order valence-corrected chi connectivity index (χ4v) is 4.67. The number of nitrogens with zero attached hydrogens (tertiary/aromatic N) is 3. The second-order valence-electron chi connectivity index (χ2n) is 7.59. The van der Waals surface area contributed by atoms with Crippen LogP contribution in [0.5, 0.6) is 0 Å². The highest BCUT2D eigenvalue weighted by Gasteiger charge is 2.42. The summed E-state index contributed by atoms with van der Waals surface area (Å²) in [6, 6.07) is 0.674. The summed E-state index contributed by atoms with van der Waals surface area (Å²) in [4.78, 5) is 21.5. The second-order valence-corrected chi connectivity index (χ2v) is 8.53. The predicted octanol–water partition coefficient (Wildman–Crippen LogP) is 1.19. The van der Waals surface area contributed by atoms with Gasteiger partial charge in [0.15, 0.2) is 0 Å². The molecule has 1 saturated carbocycles. The third kappa shape index (κ3) is 3.64. The molecule has 2 saturated heterocycles. The number of thiazole rings is 1. The van der Waals surface area contributed by atoms with Gasteiger partial charge in [-0.15, -0.1) is 11.3 Å². The van der Waals surface area contributed by atoms with E-state index in [0.29, 0.717) is 17.8 Å². The molecule has 1 aromatic rings. The van der Waals surface area contributed by atoms with Crippen molar-refractivity contribution in [2.45, 2.75) is 44.0 Å². The lowest BCUT2D eigenvalue weighted by atomic mass is 10.1. The van der Waals surface area contributed by atoms with Crippen LogP contribution in [0.3, 0.4) is 0 Å². The Balaban J connectivity index is 1.31. The lowest BCUT2D eigenvalue weighted by Crippen LogP contribution is -2.47. The van der Waals surface area contributed by atoms with Crippen LogP contribution in [-0.2, 0) is 11.3 Å². The molecule has 24 heavy (non-hydrogen) atoms. The molecule has 6 nitrogen and oxygen atoms in total. The molecule has 132 valence electrons. The third-order valence-corrected chi connectivity index (χ3v) is 6.00. The van der Waals surface area contributed by atoms with Gasteiger partial charge in [-0.1, -0.05) is 0 Å². The normalized spacial score (nSPS) is 30.5. The molecule has 1 aliphatic carbocycles.